The summed E-state index contributed by atoms with van der Waals surface area (Å²) in [7, 11) is 0. The number of nitrogens with zero attached hydrogens (tertiary/aromatic N) is 1. The lowest BCUT2D eigenvalue weighted by atomic mass is 9.99. The predicted octanol–water partition coefficient (Wildman–Crippen LogP) is 2.65. The highest BCUT2D eigenvalue weighted by Gasteiger charge is 2.19. The maximum absolute atomic E-state index is 5.97. The molecule has 96 valence electrons. The van der Waals surface area contributed by atoms with E-state index < -0.39 is 0 Å². The van der Waals surface area contributed by atoms with Gasteiger partial charge in [0.15, 0.2) is 0 Å². The quantitative estimate of drug-likeness (QED) is 0.850. The van der Waals surface area contributed by atoms with Gasteiger partial charge in [0.2, 0.25) is 0 Å². The Hall–Kier alpha value is -1.81. The van der Waals surface area contributed by atoms with Gasteiger partial charge in [0.25, 0.3) is 0 Å². The fraction of sp³-hybridized carbons (Fsp3) is 0.357. The molecule has 0 saturated heterocycles. The molecule has 0 aliphatic carbocycles. The molecule has 4 heteroatoms. The largest absolute Gasteiger partial charge is 0.469 e. The minimum absolute atomic E-state index is 0.0393. The van der Waals surface area contributed by atoms with Gasteiger partial charge in [-0.1, -0.05) is 13.0 Å². The maximum Gasteiger partial charge on any atom is 0.128 e. The average Bonchev–Trinajstić information content (AvgIpc) is 2.78. The number of hydrogen-bond donors (Lipinski definition) is 2. The summed E-state index contributed by atoms with van der Waals surface area (Å²) in [5, 5.41) is 3.49. The normalized spacial score (nSPS) is 12.6. The number of aryl methyl sites for hydroxylation is 1. The first kappa shape index (κ1) is 12.6. The van der Waals surface area contributed by atoms with E-state index in [9.17, 15) is 0 Å². The second-order valence-electron chi connectivity index (χ2n) is 4.30. The molecule has 0 aromatic carbocycles. The molecular formula is C14H19N3O. The Morgan fingerprint density at radius 1 is 1.39 bits per heavy atom. The standard InChI is InChI=1S/C14H19N3O/c1-3-7-16-13(11-6-9-18-10(11)2)12-5-4-8-17-14(12)15/h4-6,8-9,13,16H,3,7H2,1-2H3,(H2,15,17). The predicted molar refractivity (Wildman–Crippen MR) is 72.2 cm³/mol. The number of nitrogens with two attached hydrogens (primary N) is 1. The number of hydrogen-bond acceptors (Lipinski definition) is 4. The van der Waals surface area contributed by atoms with E-state index in [1.54, 1.807) is 12.5 Å². The van der Waals surface area contributed by atoms with Crippen molar-refractivity contribution in [2.75, 3.05) is 12.3 Å². The molecule has 2 heterocycles. The molecule has 0 amide bonds. The number of anilines is 1. The molecule has 3 N–H and O–H groups in total. The summed E-state index contributed by atoms with van der Waals surface area (Å²) in [6, 6.07) is 5.93. The van der Waals surface area contributed by atoms with Crippen molar-refractivity contribution in [2.45, 2.75) is 26.3 Å². The van der Waals surface area contributed by atoms with Gasteiger partial charge in [-0.2, -0.15) is 0 Å². The van der Waals surface area contributed by atoms with Gasteiger partial charge in [-0.3, -0.25) is 0 Å². The second-order valence-corrected chi connectivity index (χ2v) is 4.30. The number of nitrogens with one attached hydrogen (secondary N) is 1. The molecule has 0 spiro atoms. The lowest BCUT2D eigenvalue weighted by molar-refractivity contribution is 0.517. The molecule has 0 radical (unpaired) electrons. The fourth-order valence-electron chi connectivity index (χ4n) is 2.04. The molecule has 2 rings (SSSR count). The van der Waals surface area contributed by atoms with Gasteiger partial charge in [0.05, 0.1) is 12.3 Å². The molecule has 0 saturated carbocycles. The summed E-state index contributed by atoms with van der Waals surface area (Å²) in [6.45, 7) is 5.02. The average molecular weight is 245 g/mol. The van der Waals surface area contributed by atoms with Crippen LogP contribution in [0.4, 0.5) is 5.82 Å². The van der Waals surface area contributed by atoms with Gasteiger partial charge in [0.1, 0.15) is 11.6 Å². The van der Waals surface area contributed by atoms with Crippen molar-refractivity contribution in [3.63, 3.8) is 0 Å². The van der Waals surface area contributed by atoms with Crippen LogP contribution in [0.5, 0.6) is 0 Å². The Morgan fingerprint density at radius 3 is 2.83 bits per heavy atom. The molecule has 0 aliphatic rings. The topological polar surface area (TPSA) is 64.1 Å². The maximum atomic E-state index is 5.97. The monoisotopic (exact) mass is 245 g/mol. The van der Waals surface area contributed by atoms with Gasteiger partial charge >= 0.3 is 0 Å². The highest BCUT2D eigenvalue weighted by molar-refractivity contribution is 5.46. The first-order valence-electron chi connectivity index (χ1n) is 6.21. The molecule has 1 atom stereocenters. The smallest absolute Gasteiger partial charge is 0.128 e. The summed E-state index contributed by atoms with van der Waals surface area (Å²) in [4.78, 5) is 4.15. The molecule has 0 aliphatic heterocycles. The number of nitrogen functional groups attached to an aromatic ring is 1. The van der Waals surface area contributed by atoms with Gasteiger partial charge in [0, 0.05) is 17.3 Å². The molecule has 18 heavy (non-hydrogen) atoms. The van der Waals surface area contributed by atoms with Gasteiger partial charge in [-0.25, -0.2) is 4.98 Å². The molecule has 2 aromatic rings. The van der Waals surface area contributed by atoms with E-state index in [2.05, 4.69) is 17.2 Å². The van der Waals surface area contributed by atoms with E-state index in [-0.39, 0.29) is 6.04 Å². The van der Waals surface area contributed by atoms with Crippen LogP contribution < -0.4 is 11.1 Å². The van der Waals surface area contributed by atoms with Crippen LogP contribution >= 0.6 is 0 Å². The Labute approximate surface area is 107 Å². The summed E-state index contributed by atoms with van der Waals surface area (Å²) >= 11 is 0. The lowest BCUT2D eigenvalue weighted by Crippen LogP contribution is -2.24. The zero-order valence-corrected chi connectivity index (χ0v) is 10.8. The SMILES string of the molecule is CCCNC(c1cccnc1N)c1ccoc1C. The Kier molecular flexibility index (Phi) is 3.99. The second kappa shape index (κ2) is 5.69. The molecule has 1 unspecified atom stereocenters. The van der Waals surface area contributed by atoms with Crippen molar-refractivity contribution in [1.29, 1.82) is 0 Å². The first-order valence-corrected chi connectivity index (χ1v) is 6.21. The van der Waals surface area contributed by atoms with Gasteiger partial charge in [-0.15, -0.1) is 0 Å². The zero-order chi connectivity index (χ0) is 13.0. The van der Waals surface area contributed by atoms with Crippen molar-refractivity contribution in [1.82, 2.24) is 10.3 Å². The Bertz CT molecular complexity index is 507. The van der Waals surface area contributed by atoms with Crippen LogP contribution in [0, 0.1) is 6.92 Å². The van der Waals surface area contributed by atoms with Crippen LogP contribution in [0.2, 0.25) is 0 Å². The van der Waals surface area contributed by atoms with E-state index in [4.69, 9.17) is 10.2 Å². The van der Waals surface area contributed by atoms with Crippen LogP contribution in [-0.2, 0) is 0 Å². The molecule has 0 bridgehead atoms. The summed E-state index contributed by atoms with van der Waals surface area (Å²) in [5.41, 5.74) is 8.08. The van der Waals surface area contributed by atoms with E-state index in [1.807, 2.05) is 25.1 Å². The summed E-state index contributed by atoms with van der Waals surface area (Å²) in [6.07, 6.45) is 4.48. The number of aromatic nitrogens is 1. The Balaban J connectivity index is 2.37. The van der Waals surface area contributed by atoms with Crippen LogP contribution in [0.3, 0.4) is 0 Å². The molecule has 2 aromatic heterocycles. The van der Waals surface area contributed by atoms with Crippen molar-refractivity contribution in [3.8, 4) is 0 Å². The van der Waals surface area contributed by atoms with E-state index in [1.165, 1.54) is 0 Å². The van der Waals surface area contributed by atoms with Crippen molar-refractivity contribution in [2.24, 2.45) is 0 Å². The van der Waals surface area contributed by atoms with E-state index in [0.717, 1.165) is 29.9 Å². The van der Waals surface area contributed by atoms with Crippen molar-refractivity contribution in [3.05, 3.63) is 47.5 Å². The summed E-state index contributed by atoms with van der Waals surface area (Å²) < 4.78 is 5.39. The van der Waals surface area contributed by atoms with Crippen molar-refractivity contribution >= 4 is 5.82 Å². The minimum atomic E-state index is 0.0393. The number of pyridine rings is 1. The third-order valence-corrected chi connectivity index (χ3v) is 2.99. The third-order valence-electron chi connectivity index (χ3n) is 2.99. The highest BCUT2D eigenvalue weighted by atomic mass is 16.3. The third kappa shape index (κ3) is 2.54. The zero-order valence-electron chi connectivity index (χ0n) is 10.8. The van der Waals surface area contributed by atoms with Gasteiger partial charge < -0.3 is 15.5 Å². The van der Waals surface area contributed by atoms with Crippen LogP contribution in [0.25, 0.3) is 0 Å². The Morgan fingerprint density at radius 2 is 2.22 bits per heavy atom. The van der Waals surface area contributed by atoms with Crippen molar-refractivity contribution < 1.29 is 4.42 Å². The van der Waals surface area contributed by atoms with Crippen LogP contribution in [-0.4, -0.2) is 11.5 Å². The molecular weight excluding hydrogens is 226 g/mol. The highest BCUT2D eigenvalue weighted by Crippen LogP contribution is 2.28. The number of furan rings is 1. The van der Waals surface area contributed by atoms with Crippen LogP contribution in [0.15, 0.2) is 35.1 Å². The number of rotatable bonds is 5. The molecule has 4 nitrogen and oxygen atoms in total. The van der Waals surface area contributed by atoms with E-state index in [0.29, 0.717) is 5.82 Å². The van der Waals surface area contributed by atoms with Gasteiger partial charge in [-0.05, 0) is 32.0 Å². The first-order chi connectivity index (χ1) is 8.74. The minimum Gasteiger partial charge on any atom is -0.469 e. The van der Waals surface area contributed by atoms with Crippen LogP contribution in [0.1, 0.15) is 36.3 Å². The van der Waals surface area contributed by atoms with E-state index >= 15 is 0 Å². The lowest BCUT2D eigenvalue weighted by Gasteiger charge is -2.19. The molecule has 0 fully saturated rings. The summed E-state index contributed by atoms with van der Waals surface area (Å²) in [5.74, 6) is 1.47. The fourth-order valence-corrected chi connectivity index (χ4v) is 2.04.